The monoisotopic (exact) mass is 478 g/mol. The number of benzene rings is 1. The number of hydrogen-bond acceptors (Lipinski definition) is 5. The van der Waals surface area contributed by atoms with Crippen molar-refractivity contribution in [2.75, 3.05) is 6.61 Å². The summed E-state index contributed by atoms with van der Waals surface area (Å²) in [4.78, 5) is 39.8. The minimum absolute atomic E-state index is 0.0300. The van der Waals surface area contributed by atoms with Crippen molar-refractivity contribution in [1.29, 1.82) is 0 Å². The van der Waals surface area contributed by atoms with Gasteiger partial charge in [-0.2, -0.15) is 5.10 Å². The summed E-state index contributed by atoms with van der Waals surface area (Å²) in [6.07, 6.45) is 2.70. The van der Waals surface area contributed by atoms with Crippen molar-refractivity contribution in [3.63, 3.8) is 0 Å². The van der Waals surface area contributed by atoms with E-state index in [1.165, 1.54) is 4.68 Å². The average Bonchev–Trinajstić information content (AvgIpc) is 3.52. The maximum absolute atomic E-state index is 13.4. The molecular formula is C22H24Cl2N4O4. The molecule has 2 aromatic rings. The molecule has 32 heavy (non-hydrogen) atoms. The van der Waals surface area contributed by atoms with Gasteiger partial charge in [0.15, 0.2) is 11.5 Å². The Morgan fingerprint density at radius 1 is 1.19 bits per heavy atom. The maximum Gasteiger partial charge on any atom is 0.269 e. The second-order valence-electron chi connectivity index (χ2n) is 9.32. The lowest BCUT2D eigenvalue weighted by Crippen LogP contribution is -2.44. The third-order valence-electron chi connectivity index (χ3n) is 7.26. The third-order valence-corrected chi connectivity index (χ3v) is 8.19. The molecule has 3 aliphatic rings. The molecule has 170 valence electrons. The van der Waals surface area contributed by atoms with Crippen LogP contribution in [0, 0.1) is 11.3 Å². The van der Waals surface area contributed by atoms with Gasteiger partial charge in [-0.1, -0.05) is 18.2 Å². The molecule has 3 N–H and O–H groups in total. The summed E-state index contributed by atoms with van der Waals surface area (Å²) >= 11 is 12.2. The standard InChI is InChI=1S/C22H24Cl2N4O4/c23-22(24)7-12(22)5-6-16(30)15-8-21(11-29)9-17(21)28(15)18(31)10-27-14-4-2-1-3-13(14)19(26-27)20(25)32/h1-4,12,15,17,29H,5-11H2,(H2,25,32)/t12-,15-,17+,21-/m0/s1. The number of carbonyl (C=O) groups excluding carboxylic acids is 3. The normalized spacial score (nSPS) is 29.7. The van der Waals surface area contributed by atoms with E-state index < -0.39 is 21.7 Å². The number of fused-ring (bicyclic) bond motifs is 2. The molecule has 1 aliphatic heterocycles. The van der Waals surface area contributed by atoms with Crippen LogP contribution in [0.15, 0.2) is 24.3 Å². The highest BCUT2D eigenvalue weighted by atomic mass is 35.5. The molecular weight excluding hydrogens is 455 g/mol. The lowest BCUT2D eigenvalue weighted by molar-refractivity contribution is -0.139. The summed E-state index contributed by atoms with van der Waals surface area (Å²) in [6, 6.07) is 6.32. The van der Waals surface area contributed by atoms with Gasteiger partial charge in [0.05, 0.1) is 18.2 Å². The van der Waals surface area contributed by atoms with Crippen LogP contribution in [0.25, 0.3) is 10.9 Å². The van der Waals surface area contributed by atoms with Crippen molar-refractivity contribution in [2.24, 2.45) is 17.1 Å². The third kappa shape index (κ3) is 3.49. The predicted molar refractivity (Wildman–Crippen MR) is 118 cm³/mol. The Morgan fingerprint density at radius 3 is 2.56 bits per heavy atom. The zero-order valence-electron chi connectivity index (χ0n) is 17.3. The molecule has 4 atom stereocenters. The van der Waals surface area contributed by atoms with Crippen LogP contribution in [0.3, 0.4) is 0 Å². The van der Waals surface area contributed by atoms with Gasteiger partial charge < -0.3 is 15.7 Å². The van der Waals surface area contributed by atoms with E-state index in [2.05, 4.69) is 5.10 Å². The lowest BCUT2D eigenvalue weighted by atomic mass is 9.95. The number of primary amides is 1. The topological polar surface area (TPSA) is 119 Å². The molecule has 2 aliphatic carbocycles. The number of hydrogen-bond donors (Lipinski definition) is 2. The Hall–Kier alpha value is -2.16. The second kappa shape index (κ2) is 7.43. The summed E-state index contributed by atoms with van der Waals surface area (Å²) < 4.78 is 0.722. The number of alkyl halides is 2. The minimum atomic E-state index is -0.737. The van der Waals surface area contributed by atoms with Crippen molar-refractivity contribution in [3.05, 3.63) is 30.0 Å². The second-order valence-corrected chi connectivity index (χ2v) is 10.9. The highest BCUT2D eigenvalue weighted by Crippen LogP contribution is 2.60. The van der Waals surface area contributed by atoms with Crippen molar-refractivity contribution in [2.45, 2.75) is 55.1 Å². The van der Waals surface area contributed by atoms with E-state index in [4.69, 9.17) is 28.9 Å². The summed E-state index contributed by atoms with van der Waals surface area (Å²) in [5, 5.41) is 14.7. The van der Waals surface area contributed by atoms with Gasteiger partial charge in [0.1, 0.15) is 10.9 Å². The molecule has 5 rings (SSSR count). The number of ketones is 1. The Morgan fingerprint density at radius 2 is 1.91 bits per heavy atom. The first-order chi connectivity index (χ1) is 15.2. The van der Waals surface area contributed by atoms with Crippen LogP contribution in [0.1, 0.15) is 42.6 Å². The van der Waals surface area contributed by atoms with E-state index in [-0.39, 0.29) is 42.5 Å². The predicted octanol–water partition coefficient (Wildman–Crippen LogP) is 2.03. The number of aliphatic hydroxyl groups excluding tert-OH is 1. The molecule has 3 fully saturated rings. The van der Waals surface area contributed by atoms with E-state index in [1.807, 2.05) is 0 Å². The van der Waals surface area contributed by atoms with Gasteiger partial charge >= 0.3 is 0 Å². The van der Waals surface area contributed by atoms with Gasteiger partial charge in [-0.15, -0.1) is 23.2 Å². The molecule has 0 unspecified atom stereocenters. The van der Waals surface area contributed by atoms with Crippen molar-refractivity contribution in [3.8, 4) is 0 Å². The number of halogens is 2. The molecule has 0 bridgehead atoms. The fourth-order valence-corrected chi connectivity index (χ4v) is 5.79. The van der Waals surface area contributed by atoms with E-state index in [0.29, 0.717) is 43.0 Å². The Bertz CT molecular complexity index is 1130. The lowest BCUT2D eigenvalue weighted by Gasteiger charge is -2.27. The fourth-order valence-electron chi connectivity index (χ4n) is 5.20. The summed E-state index contributed by atoms with van der Waals surface area (Å²) in [6.45, 7) is -0.179. The highest BCUT2D eigenvalue weighted by Gasteiger charge is 2.66. The molecule has 2 amide bonds. The van der Waals surface area contributed by atoms with Gasteiger partial charge in [0, 0.05) is 23.3 Å². The molecule has 0 radical (unpaired) electrons. The van der Waals surface area contributed by atoms with Crippen LogP contribution < -0.4 is 5.73 Å². The molecule has 2 heterocycles. The van der Waals surface area contributed by atoms with Gasteiger partial charge in [-0.25, -0.2) is 0 Å². The summed E-state index contributed by atoms with van der Waals surface area (Å²) in [5.74, 6) is -0.861. The molecule has 8 nitrogen and oxygen atoms in total. The number of carbonyl (C=O) groups is 3. The highest BCUT2D eigenvalue weighted by molar-refractivity contribution is 6.50. The van der Waals surface area contributed by atoms with E-state index in [9.17, 15) is 19.5 Å². The number of nitrogens with zero attached hydrogens (tertiary/aromatic N) is 3. The first-order valence-corrected chi connectivity index (χ1v) is 11.5. The van der Waals surface area contributed by atoms with Gasteiger partial charge in [-0.05, 0) is 37.7 Å². The number of likely N-dealkylation sites (tertiary alicyclic amines) is 1. The van der Waals surface area contributed by atoms with E-state index in [0.717, 1.165) is 0 Å². The minimum Gasteiger partial charge on any atom is -0.396 e. The van der Waals surface area contributed by atoms with E-state index >= 15 is 0 Å². The number of amides is 2. The molecule has 1 aromatic carbocycles. The molecule has 1 aromatic heterocycles. The Balaban J connectivity index is 1.36. The van der Waals surface area contributed by atoms with Crippen LogP contribution in [-0.4, -0.2) is 60.4 Å². The molecule has 2 saturated carbocycles. The maximum atomic E-state index is 13.4. The van der Waals surface area contributed by atoms with Gasteiger partial charge in [0.25, 0.3) is 5.91 Å². The molecule has 10 heteroatoms. The van der Waals surface area contributed by atoms with Crippen LogP contribution in [-0.2, 0) is 16.1 Å². The molecule has 1 saturated heterocycles. The van der Waals surface area contributed by atoms with Gasteiger partial charge in [0.2, 0.25) is 5.91 Å². The molecule has 0 spiro atoms. The SMILES string of the molecule is NC(=O)c1nn(CC(=O)N2[C@H](C(=O)CC[C@H]3CC3(Cl)Cl)C[C@@]3(CO)C[C@@H]23)c2ccccc12. The summed E-state index contributed by atoms with van der Waals surface area (Å²) in [7, 11) is 0. The number of piperidine rings is 1. The average molecular weight is 479 g/mol. The largest absolute Gasteiger partial charge is 0.396 e. The Kier molecular flexibility index (Phi) is 5.03. The van der Waals surface area contributed by atoms with Crippen LogP contribution in [0.5, 0.6) is 0 Å². The zero-order valence-corrected chi connectivity index (χ0v) is 18.8. The smallest absolute Gasteiger partial charge is 0.269 e. The Labute approximate surface area is 194 Å². The zero-order chi connectivity index (χ0) is 22.8. The number of Topliss-reactive ketones (excluding diaryl/α,β-unsaturated/α-hetero) is 1. The number of para-hydroxylation sites is 1. The van der Waals surface area contributed by atoms with Crippen molar-refractivity contribution >= 4 is 51.7 Å². The summed E-state index contributed by atoms with van der Waals surface area (Å²) in [5.41, 5.74) is 5.78. The number of rotatable bonds is 8. The number of aliphatic hydroxyl groups is 1. The van der Waals surface area contributed by atoms with Crippen molar-refractivity contribution in [1.82, 2.24) is 14.7 Å². The first kappa shape index (κ1) is 21.7. The van der Waals surface area contributed by atoms with Crippen LogP contribution in [0.4, 0.5) is 0 Å². The quantitative estimate of drug-likeness (QED) is 0.562. The number of nitrogens with two attached hydrogens (primary N) is 1. The fraction of sp³-hybridized carbons (Fsp3) is 0.545. The van der Waals surface area contributed by atoms with E-state index in [1.54, 1.807) is 29.2 Å². The van der Waals surface area contributed by atoms with Crippen LogP contribution in [0.2, 0.25) is 0 Å². The first-order valence-electron chi connectivity index (χ1n) is 10.7. The van der Waals surface area contributed by atoms with Crippen LogP contribution >= 0.6 is 23.2 Å². The van der Waals surface area contributed by atoms with Crippen molar-refractivity contribution < 1.29 is 19.5 Å². The van der Waals surface area contributed by atoms with Gasteiger partial charge in [-0.3, -0.25) is 19.1 Å². The number of aromatic nitrogens is 2.